The summed E-state index contributed by atoms with van der Waals surface area (Å²) in [6, 6.07) is 14.0. The number of β-amino-alcohol motifs (C(OH)–C–C–N with tert-alkyl or cyclic N) is 1. The van der Waals surface area contributed by atoms with Crippen molar-refractivity contribution in [1.82, 2.24) is 30.1 Å². The minimum absolute atomic E-state index is 0.102. The molecular weight excluding hydrogens is 651 g/mol. The van der Waals surface area contributed by atoms with Gasteiger partial charge in [-0.25, -0.2) is 9.97 Å². The molecule has 2 N–H and O–H groups in total. The first-order valence-corrected chi connectivity index (χ1v) is 17.0. The van der Waals surface area contributed by atoms with Crippen molar-refractivity contribution in [3.8, 4) is 45.4 Å². The lowest BCUT2D eigenvalue weighted by Gasteiger charge is -2.47. The van der Waals surface area contributed by atoms with Crippen LogP contribution >= 0.6 is 23.2 Å². The highest BCUT2D eigenvalue weighted by Crippen LogP contribution is 2.46. The average molecular weight is 688 g/mol. The molecule has 48 heavy (non-hydrogen) atoms. The Labute approximate surface area is 289 Å². The zero-order valence-corrected chi connectivity index (χ0v) is 28.3. The molecule has 12 heteroatoms. The summed E-state index contributed by atoms with van der Waals surface area (Å²) in [7, 11) is 3.24. The molecule has 10 nitrogen and oxygen atoms in total. The van der Waals surface area contributed by atoms with Gasteiger partial charge in [-0.15, -0.1) is 0 Å². The van der Waals surface area contributed by atoms with Crippen LogP contribution < -0.4 is 14.8 Å². The topological polar surface area (TPSA) is 113 Å². The number of rotatable bonds is 8. The van der Waals surface area contributed by atoms with Gasteiger partial charge >= 0.3 is 0 Å². The Balaban J connectivity index is 1.07. The smallest absolute Gasteiger partial charge is 0.237 e. The number of nitrogens with one attached hydrogen (secondary N) is 1. The van der Waals surface area contributed by atoms with Crippen LogP contribution in [0.1, 0.15) is 42.1 Å². The number of aromatic nitrogens is 3. The standard InChI is InChI=1S/C36H36Cl2N6O4/c1-47-34-28(17-43-18-36(19-43)12-11-30(46)42-36)39-14-27(41-34)25-8-4-6-23(33(25)38)22-5-3-7-24(32(22)37)26-13-20-9-10-29(44-15-21(45)16-44)31(20)35(40-26)48-2/h3-8,13-14,21,29,45H,9-12,15-19H2,1-2H3,(H,42,46)/t29-/m1/s1. The number of aryl methyl sites for hydroxylation is 1. The van der Waals surface area contributed by atoms with Crippen LogP contribution in [0.2, 0.25) is 10.0 Å². The molecule has 3 saturated heterocycles. The molecule has 8 rings (SSSR count). The van der Waals surface area contributed by atoms with Crippen LogP contribution in [0, 0.1) is 0 Å². The first kappa shape index (κ1) is 31.5. The summed E-state index contributed by atoms with van der Waals surface area (Å²) in [6.45, 7) is 3.50. The number of fused-ring (bicyclic) bond motifs is 1. The molecule has 3 fully saturated rings. The van der Waals surface area contributed by atoms with Gasteiger partial charge in [-0.3, -0.25) is 19.6 Å². The Kier molecular flexibility index (Phi) is 8.04. The molecule has 1 amide bonds. The van der Waals surface area contributed by atoms with Crippen molar-refractivity contribution in [3.63, 3.8) is 0 Å². The zero-order chi connectivity index (χ0) is 33.2. The maximum atomic E-state index is 11.7. The summed E-state index contributed by atoms with van der Waals surface area (Å²) < 4.78 is 11.5. The van der Waals surface area contributed by atoms with Gasteiger partial charge in [0.25, 0.3) is 0 Å². The number of likely N-dealkylation sites (tertiary alicyclic amines) is 2. The van der Waals surface area contributed by atoms with Crippen LogP contribution in [0.15, 0.2) is 48.7 Å². The minimum Gasteiger partial charge on any atom is -0.481 e. The maximum absolute atomic E-state index is 11.7. The van der Waals surface area contributed by atoms with E-state index in [1.807, 2.05) is 36.4 Å². The number of nitrogens with zero attached hydrogens (tertiary/aromatic N) is 5. The Hall–Kier alpha value is -3.80. The summed E-state index contributed by atoms with van der Waals surface area (Å²) in [5.41, 5.74) is 7.30. The molecule has 0 unspecified atom stereocenters. The molecule has 0 saturated carbocycles. The Morgan fingerprint density at radius 3 is 2.21 bits per heavy atom. The number of halogens is 2. The number of ether oxygens (including phenoxy) is 2. The molecule has 1 atom stereocenters. The van der Waals surface area contributed by atoms with Crippen LogP contribution in [0.4, 0.5) is 0 Å². The van der Waals surface area contributed by atoms with Gasteiger partial charge in [-0.1, -0.05) is 59.6 Å². The number of amides is 1. The Morgan fingerprint density at radius 1 is 0.938 bits per heavy atom. The van der Waals surface area contributed by atoms with Gasteiger partial charge in [0.05, 0.1) is 53.5 Å². The molecule has 2 aromatic heterocycles. The summed E-state index contributed by atoms with van der Waals surface area (Å²) in [4.78, 5) is 30.7. The van der Waals surface area contributed by atoms with Crippen LogP contribution in [-0.2, 0) is 17.8 Å². The average Bonchev–Trinajstić information content (AvgIpc) is 3.67. The van der Waals surface area contributed by atoms with E-state index in [2.05, 4.69) is 21.2 Å². The number of pyridine rings is 1. The number of carbonyl (C=O) groups excluding carboxylic acids is 1. The van der Waals surface area contributed by atoms with E-state index in [0.29, 0.717) is 59.1 Å². The third-order valence-electron chi connectivity index (χ3n) is 10.2. The fraction of sp³-hybridized carbons (Fsp3) is 0.389. The van der Waals surface area contributed by atoms with Crippen molar-refractivity contribution in [3.05, 3.63) is 75.5 Å². The molecule has 1 aliphatic carbocycles. The number of aliphatic hydroxyl groups is 1. The van der Waals surface area contributed by atoms with E-state index >= 15 is 0 Å². The van der Waals surface area contributed by atoms with Crippen LogP contribution in [0.5, 0.6) is 11.8 Å². The van der Waals surface area contributed by atoms with Crippen molar-refractivity contribution in [1.29, 1.82) is 0 Å². The van der Waals surface area contributed by atoms with E-state index in [0.717, 1.165) is 66.0 Å². The number of methoxy groups -OCH3 is 2. The highest BCUT2D eigenvalue weighted by molar-refractivity contribution is 6.39. The second kappa shape index (κ2) is 12.3. The Morgan fingerprint density at radius 2 is 1.58 bits per heavy atom. The molecule has 0 radical (unpaired) electrons. The molecule has 5 heterocycles. The molecule has 2 aromatic carbocycles. The Bertz CT molecular complexity index is 1930. The predicted molar refractivity (Wildman–Crippen MR) is 183 cm³/mol. The molecule has 248 valence electrons. The second-order valence-electron chi connectivity index (χ2n) is 13.3. The number of carbonyl (C=O) groups is 1. The van der Waals surface area contributed by atoms with Gasteiger partial charge in [-0.05, 0) is 30.9 Å². The van der Waals surface area contributed by atoms with E-state index < -0.39 is 0 Å². The normalized spacial score (nSPS) is 20.4. The molecule has 4 aliphatic rings. The van der Waals surface area contributed by atoms with Gasteiger partial charge in [0.1, 0.15) is 5.69 Å². The fourth-order valence-electron chi connectivity index (χ4n) is 7.80. The zero-order valence-electron chi connectivity index (χ0n) is 26.8. The molecular formula is C36H36Cl2N6O4. The predicted octanol–water partition coefficient (Wildman–Crippen LogP) is 5.32. The SMILES string of the molecule is COc1nc(-c2cccc(-c3cccc(-c4cc5c(c(OC)n4)[C@H](N4CC(O)C4)CC5)c3Cl)c2Cl)cnc1CN1CC2(CCC(=O)N2)C1. The summed E-state index contributed by atoms with van der Waals surface area (Å²) in [5, 5.41) is 14.0. The van der Waals surface area contributed by atoms with E-state index in [-0.39, 0.29) is 23.6 Å². The van der Waals surface area contributed by atoms with E-state index in [1.165, 1.54) is 5.56 Å². The lowest BCUT2D eigenvalue weighted by molar-refractivity contribution is -0.120. The second-order valence-corrected chi connectivity index (χ2v) is 14.0. The van der Waals surface area contributed by atoms with Gasteiger partial charge in [0, 0.05) is 73.0 Å². The van der Waals surface area contributed by atoms with Gasteiger partial charge in [-0.2, -0.15) is 0 Å². The summed E-state index contributed by atoms with van der Waals surface area (Å²) in [5.74, 6) is 1.17. The molecule has 0 bridgehead atoms. The lowest BCUT2D eigenvalue weighted by atomic mass is 9.88. The maximum Gasteiger partial charge on any atom is 0.237 e. The molecule has 1 spiro atoms. The summed E-state index contributed by atoms with van der Waals surface area (Å²) in [6.07, 6.45) is 4.79. The largest absolute Gasteiger partial charge is 0.481 e. The van der Waals surface area contributed by atoms with E-state index in [1.54, 1.807) is 20.4 Å². The third-order valence-corrected chi connectivity index (χ3v) is 11.0. The third kappa shape index (κ3) is 5.40. The lowest BCUT2D eigenvalue weighted by Crippen LogP contribution is -2.66. The van der Waals surface area contributed by atoms with Crippen molar-refractivity contribution in [2.24, 2.45) is 0 Å². The fourth-order valence-corrected chi connectivity index (χ4v) is 8.45. The van der Waals surface area contributed by atoms with E-state index in [4.69, 9.17) is 47.6 Å². The monoisotopic (exact) mass is 686 g/mol. The van der Waals surface area contributed by atoms with Crippen LogP contribution in [0.25, 0.3) is 33.6 Å². The quantitative estimate of drug-likeness (QED) is 0.254. The summed E-state index contributed by atoms with van der Waals surface area (Å²) >= 11 is 14.3. The molecule has 3 aliphatic heterocycles. The van der Waals surface area contributed by atoms with Crippen molar-refractivity contribution >= 4 is 29.1 Å². The van der Waals surface area contributed by atoms with Gasteiger partial charge < -0.3 is 19.9 Å². The first-order chi connectivity index (χ1) is 23.3. The number of benzene rings is 2. The van der Waals surface area contributed by atoms with Gasteiger partial charge in [0.15, 0.2) is 0 Å². The highest BCUT2D eigenvalue weighted by Gasteiger charge is 2.47. The number of aliphatic hydroxyl groups excluding tert-OH is 1. The highest BCUT2D eigenvalue weighted by atomic mass is 35.5. The van der Waals surface area contributed by atoms with E-state index in [9.17, 15) is 9.90 Å². The van der Waals surface area contributed by atoms with Crippen LogP contribution in [-0.4, -0.2) is 87.8 Å². The van der Waals surface area contributed by atoms with Crippen molar-refractivity contribution < 1.29 is 19.4 Å². The van der Waals surface area contributed by atoms with Crippen molar-refractivity contribution in [2.75, 3.05) is 40.4 Å². The number of hydrogen-bond acceptors (Lipinski definition) is 9. The number of hydrogen-bond donors (Lipinski definition) is 2. The van der Waals surface area contributed by atoms with Gasteiger partial charge in [0.2, 0.25) is 17.7 Å². The van der Waals surface area contributed by atoms with Crippen LogP contribution in [0.3, 0.4) is 0 Å². The van der Waals surface area contributed by atoms with Crippen molar-refractivity contribution in [2.45, 2.75) is 49.9 Å². The first-order valence-electron chi connectivity index (χ1n) is 16.3. The minimum atomic E-state index is -0.264. The molecule has 4 aromatic rings.